The van der Waals surface area contributed by atoms with Crippen molar-refractivity contribution in [3.05, 3.63) is 40.4 Å². The highest BCUT2D eigenvalue weighted by molar-refractivity contribution is 6.28. The van der Waals surface area contributed by atoms with Crippen LogP contribution >= 0.6 is 11.6 Å². The summed E-state index contributed by atoms with van der Waals surface area (Å²) in [5.74, 6) is 1.79. The maximum Gasteiger partial charge on any atom is 0.308 e. The Morgan fingerprint density at radius 2 is 1.94 bits per heavy atom. The Kier molecular flexibility index (Phi) is 9.88. The largest absolute Gasteiger partial charge is 0.455 e. The van der Waals surface area contributed by atoms with Crippen LogP contribution in [-0.4, -0.2) is 59.8 Å². The van der Waals surface area contributed by atoms with Gasteiger partial charge in [0.2, 0.25) is 16.8 Å². The van der Waals surface area contributed by atoms with Crippen molar-refractivity contribution >= 4 is 46.4 Å². The van der Waals surface area contributed by atoms with Crippen molar-refractivity contribution < 1.29 is 33.7 Å². The van der Waals surface area contributed by atoms with Crippen LogP contribution in [0.15, 0.2) is 18.5 Å². The van der Waals surface area contributed by atoms with Crippen LogP contribution in [0.5, 0.6) is 5.75 Å². The molecule has 1 aliphatic heterocycles. The van der Waals surface area contributed by atoms with E-state index in [4.69, 9.17) is 32.2 Å². The number of unbranched alkanes of at least 4 members (excludes halogenated alkanes) is 4. The summed E-state index contributed by atoms with van der Waals surface area (Å²) in [5, 5.41) is 14.3. The number of carbonyl (C=O) groups excluding carboxylic acids is 3. The molecule has 3 aromatic rings. The van der Waals surface area contributed by atoms with Crippen molar-refractivity contribution in [1.29, 1.82) is 0 Å². The van der Waals surface area contributed by atoms with Gasteiger partial charge in [-0.3, -0.25) is 19.0 Å². The Balaban J connectivity index is 1.28. The first-order valence-corrected chi connectivity index (χ1v) is 16.6. The Bertz CT molecular complexity index is 1800. The number of aryl methyl sites for hydroxylation is 2. The van der Waals surface area contributed by atoms with E-state index in [1.54, 1.807) is 10.6 Å². The third-order valence-corrected chi connectivity index (χ3v) is 9.23. The molecule has 3 heterocycles. The van der Waals surface area contributed by atoms with Gasteiger partial charge in [-0.25, -0.2) is 4.98 Å². The second kappa shape index (κ2) is 13.5. The van der Waals surface area contributed by atoms with Gasteiger partial charge in [0.1, 0.15) is 12.0 Å². The first-order chi connectivity index (χ1) is 22.7. The van der Waals surface area contributed by atoms with E-state index in [9.17, 15) is 19.5 Å². The number of anilines is 1. The second-order valence-corrected chi connectivity index (χ2v) is 13.8. The van der Waals surface area contributed by atoms with Crippen LogP contribution in [0.1, 0.15) is 102 Å². The van der Waals surface area contributed by atoms with Gasteiger partial charge in [-0.15, -0.1) is 6.42 Å². The quantitative estimate of drug-likeness (QED) is 0.0763. The molecular weight excluding hydrogens is 638 g/mol. The Hall–Kier alpha value is -4.05. The summed E-state index contributed by atoms with van der Waals surface area (Å²) in [6.07, 6.45) is 10.7. The van der Waals surface area contributed by atoms with Gasteiger partial charge in [-0.1, -0.05) is 58.4 Å². The summed E-state index contributed by atoms with van der Waals surface area (Å²) in [5.41, 5.74) is -1.01. The van der Waals surface area contributed by atoms with Gasteiger partial charge in [0, 0.05) is 30.7 Å². The van der Waals surface area contributed by atoms with E-state index < -0.39 is 40.9 Å². The van der Waals surface area contributed by atoms with Gasteiger partial charge < -0.3 is 24.6 Å². The number of ether oxygens (including phenoxy) is 3. The van der Waals surface area contributed by atoms with E-state index in [0.717, 1.165) is 43.2 Å². The highest BCUT2D eigenvalue weighted by atomic mass is 35.5. The molecule has 1 saturated carbocycles. The number of aromatic nitrogens is 4. The van der Waals surface area contributed by atoms with Crippen LogP contribution in [-0.2, 0) is 29.3 Å². The fourth-order valence-electron chi connectivity index (χ4n) is 6.90. The standard InChI is InChI=1S/C35H42ClN5O7/c1-8-10-11-12-13-14-24(43)38-29-28-30(40-32(36)39-29)41(19-37-28)25-17-34(45)31(35(34,9-2)48-25)47-26(44)18-33(6,7)27-21(4)15-20(3)16-23(27)46-22(5)42/h2,15-16,19,25,31,45H,8,10-14,17-18H2,1,3-7H3,(H,38,39,40,43)/t25-,31?,34-,35-/m1/s1. The van der Waals surface area contributed by atoms with Crippen LogP contribution in [0.3, 0.4) is 0 Å². The second-order valence-electron chi connectivity index (χ2n) is 13.4. The number of benzene rings is 1. The molecule has 1 saturated heterocycles. The van der Waals surface area contributed by atoms with Gasteiger partial charge in [0.15, 0.2) is 28.7 Å². The highest BCUT2D eigenvalue weighted by Crippen LogP contribution is 2.64. The van der Waals surface area contributed by atoms with Crippen molar-refractivity contribution in [2.75, 3.05) is 5.32 Å². The normalized spacial score (nSPS) is 23.0. The fourth-order valence-corrected chi connectivity index (χ4v) is 7.06. The van der Waals surface area contributed by atoms with Crippen molar-refractivity contribution in [1.82, 2.24) is 19.5 Å². The van der Waals surface area contributed by atoms with Crippen molar-refractivity contribution in [3.63, 3.8) is 0 Å². The molecule has 2 N–H and O–H groups in total. The number of esters is 2. The summed E-state index contributed by atoms with van der Waals surface area (Å²) < 4.78 is 19.0. The molecule has 5 rings (SSSR count). The van der Waals surface area contributed by atoms with Crippen LogP contribution in [0.4, 0.5) is 5.82 Å². The molecule has 256 valence electrons. The Morgan fingerprint density at radius 3 is 2.60 bits per heavy atom. The minimum absolute atomic E-state index is 0.0290. The monoisotopic (exact) mass is 679 g/mol. The number of rotatable bonds is 13. The Morgan fingerprint density at radius 1 is 1.21 bits per heavy atom. The third-order valence-electron chi connectivity index (χ3n) is 9.06. The molecule has 1 aliphatic carbocycles. The minimum Gasteiger partial charge on any atom is -0.455 e. The van der Waals surface area contributed by atoms with E-state index in [1.165, 1.54) is 13.3 Å². The van der Waals surface area contributed by atoms with Crippen molar-refractivity contribution in [2.45, 2.75) is 122 Å². The van der Waals surface area contributed by atoms with Gasteiger partial charge in [-0.05, 0) is 49.1 Å². The first kappa shape index (κ1) is 35.3. The number of amides is 1. The van der Waals surface area contributed by atoms with Crippen molar-refractivity contribution in [3.8, 4) is 18.1 Å². The number of hydrogen-bond acceptors (Lipinski definition) is 10. The molecule has 2 aromatic heterocycles. The summed E-state index contributed by atoms with van der Waals surface area (Å²) in [7, 11) is 0. The number of carbonyl (C=O) groups is 3. The summed E-state index contributed by atoms with van der Waals surface area (Å²) >= 11 is 6.23. The maximum absolute atomic E-state index is 13.3. The van der Waals surface area contributed by atoms with Gasteiger partial charge >= 0.3 is 11.9 Å². The molecule has 13 heteroatoms. The fraction of sp³-hybridized carbons (Fsp3) is 0.543. The summed E-state index contributed by atoms with van der Waals surface area (Å²) in [6.45, 7) is 11.0. The molecule has 0 bridgehead atoms. The number of fused-ring (bicyclic) bond motifs is 2. The molecule has 0 radical (unpaired) electrons. The van der Waals surface area contributed by atoms with E-state index >= 15 is 0 Å². The van der Waals surface area contributed by atoms with Gasteiger partial charge in [-0.2, -0.15) is 9.97 Å². The summed E-state index contributed by atoms with van der Waals surface area (Å²) in [6, 6.07) is 3.71. The first-order valence-electron chi connectivity index (χ1n) is 16.2. The molecule has 1 unspecified atom stereocenters. The molecule has 48 heavy (non-hydrogen) atoms. The van der Waals surface area contributed by atoms with Crippen LogP contribution in [0, 0.1) is 26.2 Å². The predicted octanol–water partition coefficient (Wildman–Crippen LogP) is 5.64. The number of halogens is 1. The van der Waals surface area contributed by atoms with E-state index in [-0.39, 0.29) is 35.5 Å². The third kappa shape index (κ3) is 6.64. The molecule has 1 aromatic carbocycles. The predicted molar refractivity (Wildman–Crippen MR) is 178 cm³/mol. The highest BCUT2D eigenvalue weighted by Gasteiger charge is 2.85. The van der Waals surface area contributed by atoms with Crippen LogP contribution in [0.2, 0.25) is 5.28 Å². The SMILES string of the molecule is C#C[C@]12O[C@@H](n3cnc4c(NC(=O)CCCCCCC)nc(Cl)nc43)C[C@@]1(O)C2OC(=O)CC(C)(C)c1c(C)cc(C)cc1OC(C)=O. The van der Waals surface area contributed by atoms with Crippen LogP contribution in [0.25, 0.3) is 11.2 Å². The number of nitrogens with zero attached hydrogens (tertiary/aromatic N) is 4. The zero-order valence-electron chi connectivity index (χ0n) is 28.2. The topological polar surface area (TPSA) is 155 Å². The number of nitrogens with one attached hydrogen (secondary N) is 1. The van der Waals surface area contributed by atoms with Gasteiger partial charge in [0.25, 0.3) is 0 Å². The van der Waals surface area contributed by atoms with E-state index in [0.29, 0.717) is 23.3 Å². The minimum atomic E-state index is -1.67. The average Bonchev–Trinajstić information content (AvgIpc) is 3.27. The van der Waals surface area contributed by atoms with E-state index in [2.05, 4.69) is 33.1 Å². The van der Waals surface area contributed by atoms with Crippen LogP contribution < -0.4 is 10.1 Å². The smallest absolute Gasteiger partial charge is 0.308 e. The van der Waals surface area contributed by atoms with Gasteiger partial charge in [0.05, 0.1) is 12.7 Å². The maximum atomic E-state index is 13.3. The lowest BCUT2D eigenvalue weighted by Gasteiger charge is -2.29. The number of aliphatic hydroxyl groups is 1. The summed E-state index contributed by atoms with van der Waals surface area (Å²) in [4.78, 5) is 50.7. The number of imidazole rings is 1. The molecule has 2 fully saturated rings. The molecule has 0 spiro atoms. The van der Waals surface area contributed by atoms with Crippen molar-refractivity contribution in [2.24, 2.45) is 0 Å². The lowest BCUT2D eigenvalue weighted by atomic mass is 9.78. The molecular formula is C35H42ClN5O7. The molecule has 4 atom stereocenters. The lowest BCUT2D eigenvalue weighted by Crippen LogP contribution is -2.29. The zero-order valence-corrected chi connectivity index (χ0v) is 28.9. The Labute approximate surface area is 284 Å². The number of hydrogen-bond donors (Lipinski definition) is 2. The zero-order chi connectivity index (χ0) is 35.0. The average molecular weight is 680 g/mol. The molecule has 2 aliphatic rings. The molecule has 12 nitrogen and oxygen atoms in total. The van der Waals surface area contributed by atoms with E-state index in [1.807, 2.05) is 33.8 Å². The lowest BCUT2D eigenvalue weighted by molar-refractivity contribution is -0.153. The number of terminal acetylenes is 1. The molecule has 1 amide bonds.